The summed E-state index contributed by atoms with van der Waals surface area (Å²) in [6.45, 7) is 6.01. The largest absolute Gasteiger partial charge is 0.308 e. The van der Waals surface area contributed by atoms with E-state index in [1.54, 1.807) is 0 Å². The minimum Gasteiger partial charge on any atom is -0.308 e. The van der Waals surface area contributed by atoms with Crippen molar-refractivity contribution in [2.45, 2.75) is 44.7 Å². The predicted molar refractivity (Wildman–Crippen MR) is 52.0 cm³/mol. The highest BCUT2D eigenvalue weighted by atomic mass is 15.0. The van der Waals surface area contributed by atoms with Gasteiger partial charge in [0.25, 0.3) is 0 Å². The first kappa shape index (κ1) is 8.31. The molecular formula is C11H19N. The third-order valence-electron chi connectivity index (χ3n) is 3.07. The molecule has 0 saturated heterocycles. The van der Waals surface area contributed by atoms with E-state index in [9.17, 15) is 0 Å². The van der Waals surface area contributed by atoms with Crippen LogP contribution in [0.15, 0.2) is 12.7 Å². The van der Waals surface area contributed by atoms with Crippen molar-refractivity contribution >= 4 is 0 Å². The molecule has 1 nitrogen and oxygen atoms in total. The molecule has 2 fully saturated rings. The summed E-state index contributed by atoms with van der Waals surface area (Å²) in [6, 6.07) is 1.31. The summed E-state index contributed by atoms with van der Waals surface area (Å²) < 4.78 is 0. The first-order chi connectivity index (χ1) is 5.81. The maximum atomic E-state index is 3.81. The van der Waals surface area contributed by atoms with E-state index >= 15 is 0 Å². The fourth-order valence-electron chi connectivity index (χ4n) is 1.94. The fraction of sp³-hybridized carbons (Fsp3) is 0.818. The summed E-state index contributed by atoms with van der Waals surface area (Å²) in [4.78, 5) is 0. The standard InChI is InChI=1S/C11H19N/c1-3-8(2)12-11(9-4-5-9)10-6-7-10/h3,8-12H,1,4-7H2,2H3. The average molecular weight is 165 g/mol. The normalized spacial score (nSPS) is 25.8. The van der Waals surface area contributed by atoms with Crippen LogP contribution in [0, 0.1) is 11.8 Å². The van der Waals surface area contributed by atoms with Crippen molar-refractivity contribution in [1.29, 1.82) is 0 Å². The maximum absolute atomic E-state index is 3.81. The van der Waals surface area contributed by atoms with Gasteiger partial charge < -0.3 is 5.32 Å². The van der Waals surface area contributed by atoms with Gasteiger partial charge in [0, 0.05) is 12.1 Å². The second-order valence-corrected chi connectivity index (χ2v) is 4.39. The Bertz CT molecular complexity index is 156. The molecule has 2 aliphatic carbocycles. The van der Waals surface area contributed by atoms with E-state index in [0.717, 1.165) is 17.9 Å². The molecule has 0 aliphatic heterocycles. The van der Waals surface area contributed by atoms with E-state index in [4.69, 9.17) is 0 Å². The molecule has 2 saturated carbocycles. The average Bonchev–Trinajstić information content (AvgIpc) is 2.87. The molecule has 1 heteroatoms. The van der Waals surface area contributed by atoms with Gasteiger partial charge in [0.15, 0.2) is 0 Å². The van der Waals surface area contributed by atoms with Crippen LogP contribution in [0.4, 0.5) is 0 Å². The lowest BCUT2D eigenvalue weighted by atomic mass is 10.1. The zero-order valence-electron chi connectivity index (χ0n) is 7.92. The SMILES string of the molecule is C=CC(C)NC(C1CC1)C1CC1. The van der Waals surface area contributed by atoms with Crippen LogP contribution in [0.1, 0.15) is 32.6 Å². The highest BCUT2D eigenvalue weighted by Crippen LogP contribution is 2.44. The molecule has 0 aromatic carbocycles. The summed E-state index contributed by atoms with van der Waals surface area (Å²) in [5.41, 5.74) is 0. The number of hydrogen-bond donors (Lipinski definition) is 1. The van der Waals surface area contributed by atoms with Crippen LogP contribution in [0.5, 0.6) is 0 Å². The van der Waals surface area contributed by atoms with Crippen molar-refractivity contribution < 1.29 is 0 Å². The first-order valence-electron chi connectivity index (χ1n) is 5.20. The Kier molecular flexibility index (Phi) is 2.22. The molecule has 12 heavy (non-hydrogen) atoms. The van der Waals surface area contributed by atoms with Crippen LogP contribution in [0.3, 0.4) is 0 Å². The van der Waals surface area contributed by atoms with Gasteiger partial charge in [-0.05, 0) is 44.4 Å². The van der Waals surface area contributed by atoms with E-state index in [1.807, 2.05) is 6.08 Å². The summed E-state index contributed by atoms with van der Waals surface area (Å²) in [5.74, 6) is 2.00. The second-order valence-electron chi connectivity index (χ2n) is 4.39. The fourth-order valence-corrected chi connectivity index (χ4v) is 1.94. The molecule has 2 rings (SSSR count). The Morgan fingerprint density at radius 1 is 1.25 bits per heavy atom. The van der Waals surface area contributed by atoms with Gasteiger partial charge in [0.05, 0.1) is 0 Å². The molecule has 1 atom stereocenters. The lowest BCUT2D eigenvalue weighted by molar-refractivity contribution is 0.399. The van der Waals surface area contributed by atoms with Crippen LogP contribution in [-0.4, -0.2) is 12.1 Å². The molecular weight excluding hydrogens is 146 g/mol. The molecule has 2 aliphatic rings. The van der Waals surface area contributed by atoms with Crippen molar-refractivity contribution in [3.8, 4) is 0 Å². The number of hydrogen-bond acceptors (Lipinski definition) is 1. The number of nitrogens with one attached hydrogen (secondary N) is 1. The summed E-state index contributed by atoms with van der Waals surface area (Å²) >= 11 is 0. The smallest absolute Gasteiger partial charge is 0.0221 e. The third kappa shape index (κ3) is 1.89. The van der Waals surface area contributed by atoms with Gasteiger partial charge in [-0.1, -0.05) is 6.08 Å². The van der Waals surface area contributed by atoms with E-state index < -0.39 is 0 Å². The highest BCUT2D eigenvalue weighted by Gasteiger charge is 2.41. The Labute approximate surface area is 75.2 Å². The zero-order chi connectivity index (χ0) is 8.55. The summed E-state index contributed by atoms with van der Waals surface area (Å²) in [6.07, 6.45) is 7.84. The van der Waals surface area contributed by atoms with Crippen molar-refractivity contribution in [3.63, 3.8) is 0 Å². The molecule has 0 amide bonds. The van der Waals surface area contributed by atoms with Crippen molar-refractivity contribution in [1.82, 2.24) is 5.32 Å². The minimum absolute atomic E-state index is 0.496. The molecule has 0 aromatic heterocycles. The van der Waals surface area contributed by atoms with Gasteiger partial charge in [-0.25, -0.2) is 0 Å². The van der Waals surface area contributed by atoms with Gasteiger partial charge in [-0.15, -0.1) is 6.58 Å². The molecule has 0 radical (unpaired) electrons. The van der Waals surface area contributed by atoms with Gasteiger partial charge in [0.1, 0.15) is 0 Å². The molecule has 0 bridgehead atoms. The third-order valence-corrected chi connectivity index (χ3v) is 3.07. The quantitative estimate of drug-likeness (QED) is 0.617. The molecule has 0 aromatic rings. The minimum atomic E-state index is 0.496. The lowest BCUT2D eigenvalue weighted by Crippen LogP contribution is -2.38. The van der Waals surface area contributed by atoms with Crippen molar-refractivity contribution in [2.24, 2.45) is 11.8 Å². The Hall–Kier alpha value is -0.300. The second kappa shape index (κ2) is 3.21. The van der Waals surface area contributed by atoms with Crippen LogP contribution in [-0.2, 0) is 0 Å². The number of rotatable bonds is 5. The molecule has 0 heterocycles. The van der Waals surface area contributed by atoms with Gasteiger partial charge >= 0.3 is 0 Å². The zero-order valence-corrected chi connectivity index (χ0v) is 7.92. The predicted octanol–water partition coefficient (Wildman–Crippen LogP) is 2.34. The van der Waals surface area contributed by atoms with E-state index in [0.29, 0.717) is 6.04 Å². The Morgan fingerprint density at radius 3 is 2.08 bits per heavy atom. The van der Waals surface area contributed by atoms with Crippen molar-refractivity contribution in [3.05, 3.63) is 12.7 Å². The summed E-state index contributed by atoms with van der Waals surface area (Å²) in [7, 11) is 0. The Morgan fingerprint density at radius 2 is 1.75 bits per heavy atom. The lowest BCUT2D eigenvalue weighted by Gasteiger charge is -2.20. The first-order valence-corrected chi connectivity index (χ1v) is 5.20. The maximum Gasteiger partial charge on any atom is 0.0221 e. The monoisotopic (exact) mass is 165 g/mol. The van der Waals surface area contributed by atoms with E-state index in [2.05, 4.69) is 18.8 Å². The van der Waals surface area contributed by atoms with Crippen LogP contribution < -0.4 is 5.32 Å². The Balaban J connectivity index is 1.83. The van der Waals surface area contributed by atoms with Crippen LogP contribution in [0.2, 0.25) is 0 Å². The molecule has 0 spiro atoms. The van der Waals surface area contributed by atoms with Crippen molar-refractivity contribution in [2.75, 3.05) is 0 Å². The van der Waals surface area contributed by atoms with Gasteiger partial charge in [-0.2, -0.15) is 0 Å². The highest BCUT2D eigenvalue weighted by molar-refractivity contribution is 4.99. The van der Waals surface area contributed by atoms with E-state index in [-0.39, 0.29) is 0 Å². The summed E-state index contributed by atoms with van der Waals surface area (Å²) in [5, 5.41) is 3.67. The topological polar surface area (TPSA) is 12.0 Å². The van der Waals surface area contributed by atoms with Gasteiger partial charge in [0.2, 0.25) is 0 Å². The molecule has 1 N–H and O–H groups in total. The van der Waals surface area contributed by atoms with Crippen LogP contribution in [0.25, 0.3) is 0 Å². The van der Waals surface area contributed by atoms with Crippen LogP contribution >= 0.6 is 0 Å². The molecule has 1 unspecified atom stereocenters. The van der Waals surface area contributed by atoms with Gasteiger partial charge in [-0.3, -0.25) is 0 Å². The molecule has 68 valence electrons. The van der Waals surface area contributed by atoms with E-state index in [1.165, 1.54) is 25.7 Å².